The standard InChI is InChI=1S/C24H22N2O5S/c1-3-26-19(15-4-7-20-22(10-15)30-9-8-29-20)13-25-24(26)32-14-16-11-23(27)31-21-12-17(28-2)5-6-18(16)21/h4-7,10-13H,3,8-9,14H2,1-2H3. The van der Waals surface area contributed by atoms with Crippen LogP contribution in [-0.4, -0.2) is 29.9 Å². The number of fused-ring (bicyclic) bond motifs is 2. The van der Waals surface area contributed by atoms with Gasteiger partial charge in [-0.15, -0.1) is 0 Å². The summed E-state index contributed by atoms with van der Waals surface area (Å²) in [6, 6.07) is 13.0. The van der Waals surface area contributed by atoms with E-state index in [1.54, 1.807) is 31.0 Å². The zero-order chi connectivity index (χ0) is 22.1. The van der Waals surface area contributed by atoms with Crippen LogP contribution in [0.4, 0.5) is 0 Å². The fourth-order valence-corrected chi connectivity index (χ4v) is 4.85. The van der Waals surface area contributed by atoms with E-state index in [-0.39, 0.29) is 5.63 Å². The second kappa shape index (κ2) is 8.63. The van der Waals surface area contributed by atoms with Crippen LogP contribution in [0.25, 0.3) is 22.2 Å². The number of hydrogen-bond acceptors (Lipinski definition) is 7. The average molecular weight is 451 g/mol. The van der Waals surface area contributed by atoms with Gasteiger partial charge in [0.15, 0.2) is 16.7 Å². The summed E-state index contributed by atoms with van der Waals surface area (Å²) in [7, 11) is 1.59. The summed E-state index contributed by atoms with van der Waals surface area (Å²) >= 11 is 1.59. The molecule has 1 aliphatic rings. The van der Waals surface area contributed by atoms with Gasteiger partial charge in [-0.3, -0.25) is 0 Å². The minimum atomic E-state index is -0.378. The van der Waals surface area contributed by atoms with Gasteiger partial charge in [0.2, 0.25) is 0 Å². The van der Waals surface area contributed by atoms with Crippen LogP contribution < -0.4 is 19.8 Å². The lowest BCUT2D eigenvalue weighted by Gasteiger charge is -2.19. The molecule has 4 aromatic rings. The lowest BCUT2D eigenvalue weighted by Crippen LogP contribution is -2.15. The number of aromatic nitrogens is 2. The fourth-order valence-electron chi connectivity index (χ4n) is 3.81. The Morgan fingerprint density at radius 1 is 1.09 bits per heavy atom. The SMILES string of the molecule is CCn1c(-c2ccc3c(c2)OCCO3)cnc1SCc1cc(=O)oc2cc(OC)ccc12. The van der Waals surface area contributed by atoms with Gasteiger partial charge in [0.25, 0.3) is 0 Å². The predicted octanol–water partition coefficient (Wildman–Crippen LogP) is 4.75. The number of methoxy groups -OCH3 is 1. The third-order valence-corrected chi connectivity index (χ3v) is 6.41. The molecule has 0 bridgehead atoms. The molecule has 8 heteroatoms. The second-order valence-electron chi connectivity index (χ2n) is 7.27. The highest BCUT2D eigenvalue weighted by molar-refractivity contribution is 7.98. The van der Waals surface area contributed by atoms with Gasteiger partial charge >= 0.3 is 5.63 Å². The third-order valence-electron chi connectivity index (χ3n) is 5.37. The predicted molar refractivity (Wildman–Crippen MR) is 123 cm³/mol. The first-order chi connectivity index (χ1) is 15.7. The highest BCUT2D eigenvalue weighted by Crippen LogP contribution is 2.36. The Labute approximate surface area is 188 Å². The number of thioether (sulfide) groups is 1. The van der Waals surface area contributed by atoms with Crippen LogP contribution in [0.3, 0.4) is 0 Å². The van der Waals surface area contributed by atoms with Gasteiger partial charge in [-0.25, -0.2) is 9.78 Å². The normalized spacial score (nSPS) is 12.8. The summed E-state index contributed by atoms with van der Waals surface area (Å²) in [5.74, 6) is 2.76. The Morgan fingerprint density at radius 2 is 1.94 bits per heavy atom. The molecule has 32 heavy (non-hydrogen) atoms. The molecule has 0 aliphatic carbocycles. The van der Waals surface area contributed by atoms with Crippen molar-refractivity contribution in [3.63, 3.8) is 0 Å². The Kier molecular flexibility index (Phi) is 5.53. The molecule has 0 fully saturated rings. The smallest absolute Gasteiger partial charge is 0.336 e. The summed E-state index contributed by atoms with van der Waals surface area (Å²) in [6.45, 7) is 3.97. The van der Waals surface area contributed by atoms with Crippen LogP contribution in [0.2, 0.25) is 0 Å². The Balaban J connectivity index is 1.44. The average Bonchev–Trinajstić information content (AvgIpc) is 3.24. The number of nitrogens with zero attached hydrogens (tertiary/aromatic N) is 2. The van der Waals surface area contributed by atoms with E-state index < -0.39 is 0 Å². The van der Waals surface area contributed by atoms with Crippen LogP contribution in [-0.2, 0) is 12.3 Å². The van der Waals surface area contributed by atoms with Gasteiger partial charge in [0, 0.05) is 35.4 Å². The number of ether oxygens (including phenoxy) is 3. The molecule has 5 rings (SSSR count). The first-order valence-corrected chi connectivity index (χ1v) is 11.3. The quantitative estimate of drug-likeness (QED) is 0.310. The highest BCUT2D eigenvalue weighted by atomic mass is 32.2. The number of hydrogen-bond donors (Lipinski definition) is 0. The Morgan fingerprint density at radius 3 is 2.75 bits per heavy atom. The van der Waals surface area contributed by atoms with Crippen molar-refractivity contribution in [2.45, 2.75) is 24.4 Å². The Bertz CT molecular complexity index is 1340. The van der Waals surface area contributed by atoms with Crippen molar-refractivity contribution in [1.82, 2.24) is 9.55 Å². The molecule has 2 aromatic heterocycles. The second-order valence-corrected chi connectivity index (χ2v) is 8.21. The third kappa shape index (κ3) is 3.82. The van der Waals surface area contributed by atoms with Crippen molar-refractivity contribution in [1.29, 1.82) is 0 Å². The van der Waals surface area contributed by atoms with Gasteiger partial charge in [-0.05, 0) is 42.8 Å². The van der Waals surface area contributed by atoms with E-state index in [4.69, 9.17) is 18.6 Å². The van der Waals surface area contributed by atoms with Crippen LogP contribution in [0.5, 0.6) is 17.2 Å². The van der Waals surface area contributed by atoms with Crippen molar-refractivity contribution in [2.24, 2.45) is 0 Å². The minimum Gasteiger partial charge on any atom is -0.497 e. The molecule has 3 heterocycles. The number of benzene rings is 2. The summed E-state index contributed by atoms with van der Waals surface area (Å²) in [4.78, 5) is 16.7. The summed E-state index contributed by atoms with van der Waals surface area (Å²) < 4.78 is 24.1. The van der Waals surface area contributed by atoms with Gasteiger partial charge in [-0.2, -0.15) is 0 Å². The van der Waals surface area contributed by atoms with Gasteiger partial charge in [0.1, 0.15) is 24.5 Å². The molecule has 0 N–H and O–H groups in total. The molecule has 0 atom stereocenters. The topological polar surface area (TPSA) is 75.7 Å². The molecule has 2 aromatic carbocycles. The first kappa shape index (κ1) is 20.5. The van der Waals surface area contributed by atoms with E-state index in [1.807, 2.05) is 36.5 Å². The molecular formula is C24H22N2O5S. The van der Waals surface area contributed by atoms with Gasteiger partial charge < -0.3 is 23.2 Å². The van der Waals surface area contributed by atoms with Gasteiger partial charge in [-0.1, -0.05) is 11.8 Å². The number of rotatable bonds is 6. The molecule has 1 aliphatic heterocycles. The number of imidazole rings is 1. The van der Waals surface area contributed by atoms with Crippen LogP contribution >= 0.6 is 11.8 Å². The maximum atomic E-state index is 12.1. The lowest BCUT2D eigenvalue weighted by atomic mass is 10.1. The van der Waals surface area contributed by atoms with E-state index in [2.05, 4.69) is 16.5 Å². The molecule has 0 saturated carbocycles. The molecular weight excluding hydrogens is 428 g/mol. The van der Waals surface area contributed by atoms with E-state index in [0.717, 1.165) is 45.4 Å². The molecule has 0 spiro atoms. The maximum Gasteiger partial charge on any atom is 0.336 e. The van der Waals surface area contributed by atoms with Crippen molar-refractivity contribution >= 4 is 22.7 Å². The molecule has 0 saturated heterocycles. The minimum absolute atomic E-state index is 0.378. The molecule has 164 valence electrons. The molecule has 0 unspecified atom stereocenters. The van der Waals surface area contributed by atoms with Crippen LogP contribution in [0, 0.1) is 0 Å². The largest absolute Gasteiger partial charge is 0.497 e. The fraction of sp³-hybridized carbons (Fsp3) is 0.250. The summed E-state index contributed by atoms with van der Waals surface area (Å²) in [5, 5.41) is 1.77. The van der Waals surface area contributed by atoms with Crippen LogP contribution in [0.15, 0.2) is 63.0 Å². The monoisotopic (exact) mass is 450 g/mol. The molecule has 7 nitrogen and oxygen atoms in total. The van der Waals surface area contributed by atoms with Crippen molar-refractivity contribution in [3.8, 4) is 28.5 Å². The van der Waals surface area contributed by atoms with E-state index >= 15 is 0 Å². The zero-order valence-corrected chi connectivity index (χ0v) is 18.6. The van der Waals surface area contributed by atoms with E-state index in [9.17, 15) is 4.79 Å². The van der Waals surface area contributed by atoms with Gasteiger partial charge in [0.05, 0.1) is 19.0 Å². The summed E-state index contributed by atoms with van der Waals surface area (Å²) in [5.41, 5.74) is 3.07. The molecule has 0 radical (unpaired) electrons. The first-order valence-electron chi connectivity index (χ1n) is 10.4. The lowest BCUT2D eigenvalue weighted by molar-refractivity contribution is 0.171. The Hall–Kier alpha value is -3.39. The van der Waals surface area contributed by atoms with E-state index in [0.29, 0.717) is 30.3 Å². The summed E-state index contributed by atoms with van der Waals surface area (Å²) in [6.07, 6.45) is 1.87. The van der Waals surface area contributed by atoms with E-state index in [1.165, 1.54) is 0 Å². The van der Waals surface area contributed by atoms with Crippen LogP contribution in [0.1, 0.15) is 12.5 Å². The highest BCUT2D eigenvalue weighted by Gasteiger charge is 2.17. The maximum absolute atomic E-state index is 12.1. The molecule has 0 amide bonds. The zero-order valence-electron chi connectivity index (χ0n) is 17.8. The van der Waals surface area contributed by atoms with Crippen molar-refractivity contribution in [2.75, 3.05) is 20.3 Å². The van der Waals surface area contributed by atoms with Crippen molar-refractivity contribution < 1.29 is 18.6 Å². The van der Waals surface area contributed by atoms with Crippen molar-refractivity contribution in [3.05, 3.63) is 64.6 Å².